The summed E-state index contributed by atoms with van der Waals surface area (Å²) in [6.07, 6.45) is -1.17. The van der Waals surface area contributed by atoms with E-state index < -0.39 is 17.6 Å². The maximum absolute atomic E-state index is 14.1. The molecule has 2 amide bonds. The van der Waals surface area contributed by atoms with Crippen LogP contribution >= 0.6 is 11.5 Å². The lowest BCUT2D eigenvalue weighted by atomic mass is 10.0. The topological polar surface area (TPSA) is 58.1 Å². The molecule has 10 heteroatoms. The first-order chi connectivity index (χ1) is 13.2. The first-order valence-electron chi connectivity index (χ1n) is 8.65. The van der Waals surface area contributed by atoms with Gasteiger partial charge in [-0.2, -0.15) is 17.5 Å². The quantitative estimate of drug-likeness (QED) is 0.695. The van der Waals surface area contributed by atoms with Crippen molar-refractivity contribution in [3.05, 3.63) is 46.5 Å². The van der Waals surface area contributed by atoms with Gasteiger partial charge < -0.3 is 4.90 Å². The lowest BCUT2D eigenvalue weighted by Gasteiger charge is -2.19. The first-order valence-corrected chi connectivity index (χ1v) is 9.42. The van der Waals surface area contributed by atoms with E-state index in [0.29, 0.717) is 49.4 Å². The number of carbonyl (C=O) groups is 1. The van der Waals surface area contributed by atoms with E-state index in [1.54, 1.807) is 17.9 Å². The fraction of sp³-hybridized carbons (Fsp3) is 0.389. The Hall–Kier alpha value is -2.49. The van der Waals surface area contributed by atoms with E-state index in [4.69, 9.17) is 0 Å². The van der Waals surface area contributed by atoms with Crippen molar-refractivity contribution in [3.8, 4) is 0 Å². The molecule has 1 aromatic heterocycles. The number of urea groups is 1. The molecule has 0 saturated carbocycles. The van der Waals surface area contributed by atoms with Crippen LogP contribution in [0.25, 0.3) is 6.08 Å². The van der Waals surface area contributed by atoms with Gasteiger partial charge in [0.25, 0.3) is 0 Å². The van der Waals surface area contributed by atoms with E-state index in [9.17, 15) is 22.4 Å². The van der Waals surface area contributed by atoms with Gasteiger partial charge in [0.1, 0.15) is 11.6 Å². The van der Waals surface area contributed by atoms with Crippen LogP contribution in [0.2, 0.25) is 0 Å². The van der Waals surface area contributed by atoms with Crippen LogP contribution in [0.4, 0.5) is 27.5 Å². The maximum Gasteiger partial charge on any atom is 0.416 e. The molecule has 0 aliphatic carbocycles. The molecule has 1 saturated heterocycles. The zero-order chi connectivity index (χ0) is 20.3. The number of likely N-dealkylation sites (tertiary alicyclic amines) is 1. The van der Waals surface area contributed by atoms with Crippen LogP contribution in [0, 0.1) is 12.7 Å². The average molecular weight is 414 g/mol. The summed E-state index contributed by atoms with van der Waals surface area (Å²) in [6, 6.07) is 2.24. The van der Waals surface area contributed by atoms with Crippen molar-refractivity contribution >= 4 is 28.8 Å². The summed E-state index contributed by atoms with van der Waals surface area (Å²) in [4.78, 5) is 18.1. The zero-order valence-corrected chi connectivity index (χ0v) is 15.8. The number of carbonyl (C=O) groups excluding carboxylic acids is 1. The summed E-state index contributed by atoms with van der Waals surface area (Å²) < 4.78 is 56.0. The molecule has 1 N–H and O–H groups in total. The van der Waals surface area contributed by atoms with Gasteiger partial charge in [-0.05, 0) is 38.3 Å². The first kappa shape index (κ1) is 20.2. The van der Waals surface area contributed by atoms with Crippen molar-refractivity contribution in [2.75, 3.05) is 18.4 Å². The molecule has 3 rings (SSSR count). The number of hydrogen-bond donors (Lipinski definition) is 1. The number of nitrogens with one attached hydrogen (secondary N) is 1. The van der Waals surface area contributed by atoms with E-state index in [0.717, 1.165) is 29.2 Å². The molecule has 1 aliphatic rings. The average Bonchev–Trinajstić information content (AvgIpc) is 2.88. The van der Waals surface area contributed by atoms with Crippen LogP contribution in [-0.2, 0) is 6.18 Å². The number of amides is 2. The molecule has 0 radical (unpaired) electrons. The van der Waals surface area contributed by atoms with Crippen LogP contribution in [0.5, 0.6) is 0 Å². The van der Waals surface area contributed by atoms with Crippen molar-refractivity contribution in [3.63, 3.8) is 0 Å². The number of benzene rings is 1. The number of aryl methyl sites for hydroxylation is 1. The Morgan fingerprint density at radius 2 is 2.07 bits per heavy atom. The Bertz CT molecular complexity index is 894. The molecule has 0 bridgehead atoms. The smallest absolute Gasteiger partial charge is 0.324 e. The SMILES string of the molecule is Cc1nsc(NC(=O)N2CCC/C(=C/c3ccc(C(F)(F)F)cc3F)CC2)n1. The highest BCUT2D eigenvalue weighted by molar-refractivity contribution is 7.09. The molecule has 2 heterocycles. The predicted octanol–water partition coefficient (Wildman–Crippen LogP) is 5.11. The van der Waals surface area contributed by atoms with Gasteiger partial charge in [-0.15, -0.1) is 0 Å². The summed E-state index contributed by atoms with van der Waals surface area (Å²) in [5, 5.41) is 3.13. The number of halogens is 4. The Kier molecular flexibility index (Phi) is 5.97. The van der Waals surface area contributed by atoms with E-state index in [1.165, 1.54) is 0 Å². The molecule has 5 nitrogen and oxygen atoms in total. The number of anilines is 1. The monoisotopic (exact) mass is 414 g/mol. The minimum absolute atomic E-state index is 0.116. The fourth-order valence-corrected chi connectivity index (χ4v) is 3.48. The number of hydrogen-bond acceptors (Lipinski definition) is 4. The van der Waals surface area contributed by atoms with Gasteiger partial charge in [0.15, 0.2) is 0 Å². The minimum Gasteiger partial charge on any atom is -0.324 e. The highest BCUT2D eigenvalue weighted by atomic mass is 32.1. The molecule has 28 heavy (non-hydrogen) atoms. The van der Waals surface area contributed by atoms with Crippen LogP contribution in [0.3, 0.4) is 0 Å². The lowest BCUT2D eigenvalue weighted by Crippen LogP contribution is -2.35. The van der Waals surface area contributed by atoms with Crippen LogP contribution in [0.15, 0.2) is 23.8 Å². The summed E-state index contributed by atoms with van der Waals surface area (Å²) in [5.41, 5.74) is -0.00580. The molecule has 1 fully saturated rings. The third-order valence-electron chi connectivity index (χ3n) is 4.34. The largest absolute Gasteiger partial charge is 0.416 e. The summed E-state index contributed by atoms with van der Waals surface area (Å²) >= 11 is 1.10. The normalized spacial score (nSPS) is 16.9. The third-order valence-corrected chi connectivity index (χ3v) is 5.07. The van der Waals surface area contributed by atoms with Crippen LogP contribution in [0.1, 0.15) is 36.2 Å². The summed E-state index contributed by atoms with van der Waals surface area (Å²) in [7, 11) is 0. The van der Waals surface area contributed by atoms with Crippen molar-refractivity contribution in [2.24, 2.45) is 0 Å². The Morgan fingerprint density at radius 1 is 1.29 bits per heavy atom. The minimum atomic E-state index is -4.58. The van der Waals surface area contributed by atoms with E-state index >= 15 is 0 Å². The lowest BCUT2D eigenvalue weighted by molar-refractivity contribution is -0.137. The highest BCUT2D eigenvalue weighted by Gasteiger charge is 2.31. The molecule has 1 aromatic carbocycles. The van der Waals surface area contributed by atoms with E-state index in [2.05, 4.69) is 14.7 Å². The molecule has 0 spiro atoms. The van der Waals surface area contributed by atoms with Gasteiger partial charge in [0, 0.05) is 30.2 Å². The second-order valence-corrected chi connectivity index (χ2v) is 7.21. The Balaban J connectivity index is 1.65. The molecule has 150 valence electrons. The second-order valence-electron chi connectivity index (χ2n) is 6.45. The Morgan fingerprint density at radius 3 is 2.71 bits per heavy atom. The van der Waals surface area contributed by atoms with Gasteiger partial charge in [-0.3, -0.25) is 5.32 Å². The molecule has 0 atom stereocenters. The van der Waals surface area contributed by atoms with Gasteiger partial charge in [0.05, 0.1) is 5.56 Å². The zero-order valence-electron chi connectivity index (χ0n) is 15.0. The van der Waals surface area contributed by atoms with Gasteiger partial charge in [-0.25, -0.2) is 14.2 Å². The van der Waals surface area contributed by atoms with Gasteiger partial charge in [0.2, 0.25) is 5.13 Å². The predicted molar refractivity (Wildman–Crippen MR) is 98.5 cm³/mol. The Labute approximate surface area is 163 Å². The van der Waals surface area contributed by atoms with Gasteiger partial charge >= 0.3 is 12.2 Å². The number of nitrogens with zero attached hydrogens (tertiary/aromatic N) is 3. The number of alkyl halides is 3. The molecule has 0 unspecified atom stereocenters. The van der Waals surface area contributed by atoms with Crippen LogP contribution in [-0.4, -0.2) is 33.4 Å². The molecule has 2 aromatic rings. The van der Waals surface area contributed by atoms with E-state index in [-0.39, 0.29) is 11.6 Å². The second kappa shape index (κ2) is 8.26. The molecule has 1 aliphatic heterocycles. The summed E-state index contributed by atoms with van der Waals surface area (Å²) in [5.74, 6) is -0.326. The summed E-state index contributed by atoms with van der Waals surface area (Å²) in [6.45, 7) is 2.68. The maximum atomic E-state index is 14.1. The van der Waals surface area contributed by atoms with Crippen molar-refractivity contribution in [1.29, 1.82) is 0 Å². The van der Waals surface area contributed by atoms with Gasteiger partial charge in [-0.1, -0.05) is 17.7 Å². The van der Waals surface area contributed by atoms with E-state index in [1.807, 2.05) is 0 Å². The standard InChI is InChI=1S/C18H18F4N4OS/c1-11-23-16(28-25-11)24-17(27)26-7-2-3-12(6-8-26)9-13-4-5-14(10-15(13)19)18(20,21)22/h4-5,9-10H,2-3,6-8H2,1H3,(H,23,24,25,27)/b12-9-. The van der Waals surface area contributed by atoms with Crippen molar-refractivity contribution in [2.45, 2.75) is 32.4 Å². The fourth-order valence-electron chi connectivity index (χ4n) is 2.92. The number of aromatic nitrogens is 2. The van der Waals surface area contributed by atoms with Crippen molar-refractivity contribution in [1.82, 2.24) is 14.3 Å². The third kappa shape index (κ3) is 5.06. The highest BCUT2D eigenvalue weighted by Crippen LogP contribution is 2.31. The number of rotatable bonds is 2. The van der Waals surface area contributed by atoms with Crippen molar-refractivity contribution < 1.29 is 22.4 Å². The molecular formula is C18H18F4N4OS. The van der Waals surface area contributed by atoms with Crippen LogP contribution < -0.4 is 5.32 Å². The molecular weight excluding hydrogens is 396 g/mol.